The van der Waals surface area contributed by atoms with Crippen molar-refractivity contribution in [2.75, 3.05) is 32.7 Å². The number of phenolic OH excluding ortho intramolecular Hbond substituents is 2. The maximum Gasteiger partial charge on any atom is 0.410 e. The third-order valence-electron chi connectivity index (χ3n) is 6.56. The number of hydrogen-bond acceptors (Lipinski definition) is 6. The van der Waals surface area contributed by atoms with E-state index in [9.17, 15) is 24.6 Å². The number of aromatic hydroxyl groups is 2. The molecular formula is C25H29N3O6. The molecule has 3 amide bonds. The Morgan fingerprint density at radius 3 is 2.44 bits per heavy atom. The van der Waals surface area contributed by atoms with Gasteiger partial charge in [-0.25, -0.2) is 4.79 Å². The molecule has 2 aliphatic heterocycles. The standard InChI is InChI=1S/C25H29N3O6/c1-2-22(31)26-12-13-28(24(33)34-15-18-6-4-3-5-7-18)25(16-26)10-11-27(17-25)23(32)20-14-19(29)8-9-21(20)30/h3-9,14,29-30H,2,10-13,15-17H2,1H3. The predicted molar refractivity (Wildman–Crippen MR) is 123 cm³/mol. The van der Waals surface area contributed by atoms with Crippen molar-refractivity contribution in [2.24, 2.45) is 0 Å². The van der Waals surface area contributed by atoms with Crippen LogP contribution in [0.4, 0.5) is 4.79 Å². The zero-order chi connectivity index (χ0) is 24.3. The second-order valence-corrected chi connectivity index (χ2v) is 8.76. The van der Waals surface area contributed by atoms with Gasteiger partial charge in [-0.3, -0.25) is 14.5 Å². The number of phenols is 2. The van der Waals surface area contributed by atoms with Gasteiger partial charge < -0.3 is 24.7 Å². The molecule has 0 radical (unpaired) electrons. The first kappa shape index (κ1) is 23.4. The van der Waals surface area contributed by atoms with Crippen LogP contribution in [0.3, 0.4) is 0 Å². The van der Waals surface area contributed by atoms with Crippen LogP contribution in [0.2, 0.25) is 0 Å². The van der Waals surface area contributed by atoms with Gasteiger partial charge in [0.2, 0.25) is 5.91 Å². The van der Waals surface area contributed by atoms with E-state index in [4.69, 9.17) is 4.74 Å². The van der Waals surface area contributed by atoms with Crippen LogP contribution >= 0.6 is 0 Å². The lowest BCUT2D eigenvalue weighted by molar-refractivity contribution is -0.135. The van der Waals surface area contributed by atoms with Gasteiger partial charge in [0.05, 0.1) is 11.1 Å². The van der Waals surface area contributed by atoms with E-state index < -0.39 is 17.5 Å². The lowest BCUT2D eigenvalue weighted by Gasteiger charge is -2.48. The second kappa shape index (κ2) is 9.62. The van der Waals surface area contributed by atoms with Crippen LogP contribution in [-0.4, -0.2) is 81.1 Å². The third kappa shape index (κ3) is 4.64. The summed E-state index contributed by atoms with van der Waals surface area (Å²) in [4.78, 5) is 43.7. The summed E-state index contributed by atoms with van der Waals surface area (Å²) in [5, 5.41) is 19.9. The molecule has 2 heterocycles. The number of amides is 3. The van der Waals surface area contributed by atoms with E-state index >= 15 is 0 Å². The highest BCUT2D eigenvalue weighted by Gasteiger charge is 2.51. The zero-order valence-corrected chi connectivity index (χ0v) is 19.1. The van der Waals surface area contributed by atoms with E-state index in [1.165, 1.54) is 18.2 Å². The van der Waals surface area contributed by atoms with Crippen molar-refractivity contribution >= 4 is 17.9 Å². The number of benzene rings is 2. The smallest absolute Gasteiger partial charge is 0.410 e. The summed E-state index contributed by atoms with van der Waals surface area (Å²) in [5.74, 6) is -0.804. The molecule has 2 aromatic rings. The van der Waals surface area contributed by atoms with Gasteiger partial charge in [0.1, 0.15) is 18.1 Å². The lowest BCUT2D eigenvalue weighted by Crippen LogP contribution is -2.66. The van der Waals surface area contributed by atoms with Crippen molar-refractivity contribution in [3.05, 3.63) is 59.7 Å². The molecule has 0 aromatic heterocycles. The molecule has 0 aliphatic carbocycles. The highest BCUT2D eigenvalue weighted by Crippen LogP contribution is 2.35. The minimum absolute atomic E-state index is 0.00689. The van der Waals surface area contributed by atoms with Crippen LogP contribution in [0.15, 0.2) is 48.5 Å². The monoisotopic (exact) mass is 467 g/mol. The fourth-order valence-corrected chi connectivity index (χ4v) is 4.74. The van der Waals surface area contributed by atoms with E-state index in [-0.39, 0.29) is 36.1 Å². The van der Waals surface area contributed by atoms with Crippen LogP contribution in [0.25, 0.3) is 0 Å². The number of nitrogens with zero attached hydrogens (tertiary/aromatic N) is 3. The number of rotatable bonds is 4. The average Bonchev–Trinajstić information content (AvgIpc) is 3.27. The van der Waals surface area contributed by atoms with Crippen LogP contribution in [0.1, 0.15) is 35.7 Å². The van der Waals surface area contributed by atoms with Crippen molar-refractivity contribution in [1.82, 2.24) is 14.7 Å². The maximum absolute atomic E-state index is 13.1. The molecule has 2 aromatic carbocycles. The van der Waals surface area contributed by atoms with E-state index in [2.05, 4.69) is 0 Å². The summed E-state index contributed by atoms with van der Waals surface area (Å²) < 4.78 is 5.60. The highest BCUT2D eigenvalue weighted by molar-refractivity contribution is 5.97. The Labute approximate surface area is 198 Å². The Morgan fingerprint density at radius 1 is 0.971 bits per heavy atom. The summed E-state index contributed by atoms with van der Waals surface area (Å²) in [6.45, 7) is 3.46. The highest BCUT2D eigenvalue weighted by atomic mass is 16.6. The molecule has 1 atom stereocenters. The van der Waals surface area contributed by atoms with Gasteiger partial charge in [-0.1, -0.05) is 37.3 Å². The first-order chi connectivity index (χ1) is 16.3. The minimum Gasteiger partial charge on any atom is -0.508 e. The maximum atomic E-state index is 13.1. The van der Waals surface area contributed by atoms with E-state index in [0.717, 1.165) is 5.56 Å². The van der Waals surface area contributed by atoms with E-state index in [1.54, 1.807) is 21.6 Å². The van der Waals surface area contributed by atoms with Crippen LogP contribution in [-0.2, 0) is 16.1 Å². The number of piperazine rings is 1. The third-order valence-corrected chi connectivity index (χ3v) is 6.56. The SMILES string of the molecule is CCC(=O)N1CCN(C(=O)OCc2ccccc2)C2(CCN(C(=O)c3cc(O)ccc3O)C2)C1. The number of ether oxygens (including phenoxy) is 1. The Bertz CT molecular complexity index is 1080. The molecular weight excluding hydrogens is 438 g/mol. The summed E-state index contributed by atoms with van der Waals surface area (Å²) in [5.41, 5.74) is 0.0683. The van der Waals surface area contributed by atoms with Gasteiger partial charge in [0.25, 0.3) is 5.91 Å². The molecule has 1 unspecified atom stereocenters. The van der Waals surface area contributed by atoms with Gasteiger partial charge in [-0.05, 0) is 30.2 Å². The number of likely N-dealkylation sites (tertiary alicyclic amines) is 1. The first-order valence-electron chi connectivity index (χ1n) is 11.4. The molecule has 9 nitrogen and oxygen atoms in total. The summed E-state index contributed by atoms with van der Waals surface area (Å²) in [6.07, 6.45) is 0.336. The summed E-state index contributed by atoms with van der Waals surface area (Å²) in [6, 6.07) is 13.2. The van der Waals surface area contributed by atoms with Crippen LogP contribution in [0, 0.1) is 0 Å². The van der Waals surface area contributed by atoms with Crippen molar-refractivity contribution < 1.29 is 29.3 Å². The first-order valence-corrected chi connectivity index (χ1v) is 11.4. The molecule has 180 valence electrons. The quantitative estimate of drug-likeness (QED) is 0.669. The normalized spacial score (nSPS) is 20.0. The largest absolute Gasteiger partial charge is 0.508 e. The van der Waals surface area contributed by atoms with Crippen molar-refractivity contribution in [3.8, 4) is 11.5 Å². The number of carbonyl (C=O) groups is 3. The summed E-state index contributed by atoms with van der Waals surface area (Å²) >= 11 is 0. The Hall–Kier alpha value is -3.75. The Balaban J connectivity index is 1.55. The molecule has 1 spiro atoms. The summed E-state index contributed by atoms with van der Waals surface area (Å²) in [7, 11) is 0. The van der Waals surface area contributed by atoms with Gasteiger partial charge >= 0.3 is 6.09 Å². The molecule has 34 heavy (non-hydrogen) atoms. The second-order valence-electron chi connectivity index (χ2n) is 8.76. The number of carbonyl (C=O) groups excluding carboxylic acids is 3. The molecule has 2 fully saturated rings. The fraction of sp³-hybridized carbons (Fsp3) is 0.400. The lowest BCUT2D eigenvalue weighted by atomic mass is 9.92. The molecule has 2 N–H and O–H groups in total. The molecule has 0 bridgehead atoms. The van der Waals surface area contributed by atoms with E-state index in [0.29, 0.717) is 39.0 Å². The van der Waals surface area contributed by atoms with Crippen molar-refractivity contribution in [3.63, 3.8) is 0 Å². The average molecular weight is 468 g/mol. The van der Waals surface area contributed by atoms with Crippen molar-refractivity contribution in [2.45, 2.75) is 31.9 Å². The van der Waals surface area contributed by atoms with Crippen molar-refractivity contribution in [1.29, 1.82) is 0 Å². The molecule has 2 saturated heterocycles. The molecule has 9 heteroatoms. The van der Waals surface area contributed by atoms with Gasteiger partial charge in [0, 0.05) is 39.1 Å². The fourth-order valence-electron chi connectivity index (χ4n) is 4.74. The van der Waals surface area contributed by atoms with Gasteiger partial charge in [0.15, 0.2) is 0 Å². The minimum atomic E-state index is -0.793. The zero-order valence-electron chi connectivity index (χ0n) is 19.1. The van der Waals surface area contributed by atoms with Gasteiger partial charge in [-0.15, -0.1) is 0 Å². The molecule has 0 saturated carbocycles. The molecule has 4 rings (SSSR count). The van der Waals surface area contributed by atoms with E-state index in [1.807, 2.05) is 30.3 Å². The van der Waals surface area contributed by atoms with Gasteiger partial charge in [-0.2, -0.15) is 0 Å². The molecule has 2 aliphatic rings. The topological polar surface area (TPSA) is 111 Å². The number of hydrogen-bond donors (Lipinski definition) is 2. The Morgan fingerprint density at radius 2 is 1.71 bits per heavy atom. The predicted octanol–water partition coefficient (Wildman–Crippen LogP) is 2.57. The Kier molecular flexibility index (Phi) is 6.63. The van der Waals surface area contributed by atoms with Crippen LogP contribution in [0.5, 0.6) is 11.5 Å². The van der Waals surface area contributed by atoms with Crippen LogP contribution < -0.4 is 0 Å².